The summed E-state index contributed by atoms with van der Waals surface area (Å²) in [6.45, 7) is 11.0. The molecule has 0 aromatic carbocycles. The van der Waals surface area contributed by atoms with Crippen LogP contribution in [0, 0.1) is 5.92 Å². The first-order valence-electron chi connectivity index (χ1n) is 7.22. The minimum Gasteiger partial charge on any atom is -0.466 e. The van der Waals surface area contributed by atoms with E-state index in [1.165, 1.54) is 0 Å². The first-order chi connectivity index (χ1) is 9.55. The van der Waals surface area contributed by atoms with E-state index in [0.29, 0.717) is 0 Å². The molecule has 6 heteroatoms. The molecule has 122 valence electrons. The standard InChI is InChI=1S/C15H27NO5/c1-7-20-13(18)9-11(17)8-12(10(2)3)16-14(19)21-15(4,5)6/h10,12H,7-9H2,1-6H3,(H,16,19). The molecule has 0 bridgehead atoms. The lowest BCUT2D eigenvalue weighted by Gasteiger charge is -2.25. The van der Waals surface area contributed by atoms with Crippen LogP contribution in [0.4, 0.5) is 4.79 Å². The summed E-state index contributed by atoms with van der Waals surface area (Å²) in [4.78, 5) is 34.8. The van der Waals surface area contributed by atoms with Crippen LogP contribution in [0.25, 0.3) is 0 Å². The van der Waals surface area contributed by atoms with E-state index in [0.717, 1.165) is 0 Å². The number of alkyl carbamates (subject to hydrolysis) is 1. The maximum absolute atomic E-state index is 11.8. The highest BCUT2D eigenvalue weighted by Gasteiger charge is 2.24. The zero-order valence-corrected chi connectivity index (χ0v) is 13.8. The molecule has 1 amide bonds. The van der Waals surface area contributed by atoms with Gasteiger partial charge in [-0.05, 0) is 33.6 Å². The normalized spacial score (nSPS) is 12.7. The van der Waals surface area contributed by atoms with Crippen molar-refractivity contribution in [3.63, 3.8) is 0 Å². The van der Waals surface area contributed by atoms with Crippen LogP contribution in [0.3, 0.4) is 0 Å². The number of ether oxygens (including phenoxy) is 2. The van der Waals surface area contributed by atoms with Gasteiger partial charge in [-0.2, -0.15) is 0 Å². The number of amides is 1. The van der Waals surface area contributed by atoms with Crippen molar-refractivity contribution < 1.29 is 23.9 Å². The number of hydrogen-bond acceptors (Lipinski definition) is 5. The van der Waals surface area contributed by atoms with Crippen molar-refractivity contribution in [1.82, 2.24) is 5.32 Å². The van der Waals surface area contributed by atoms with Gasteiger partial charge in [0.25, 0.3) is 0 Å². The second kappa shape index (κ2) is 8.64. The maximum atomic E-state index is 11.8. The number of ketones is 1. The molecule has 0 saturated heterocycles. The Labute approximate surface area is 126 Å². The van der Waals surface area contributed by atoms with Crippen LogP contribution in [0.5, 0.6) is 0 Å². The summed E-state index contributed by atoms with van der Waals surface area (Å²) in [7, 11) is 0. The number of nitrogens with one attached hydrogen (secondary N) is 1. The third kappa shape index (κ3) is 9.87. The fourth-order valence-electron chi connectivity index (χ4n) is 1.60. The van der Waals surface area contributed by atoms with Crippen LogP contribution in [0.2, 0.25) is 0 Å². The van der Waals surface area contributed by atoms with Crippen molar-refractivity contribution >= 4 is 17.8 Å². The van der Waals surface area contributed by atoms with Crippen LogP contribution < -0.4 is 5.32 Å². The molecule has 21 heavy (non-hydrogen) atoms. The smallest absolute Gasteiger partial charge is 0.407 e. The highest BCUT2D eigenvalue weighted by Crippen LogP contribution is 2.11. The minimum atomic E-state index is -0.597. The molecular formula is C15H27NO5. The highest BCUT2D eigenvalue weighted by atomic mass is 16.6. The average molecular weight is 301 g/mol. The van der Waals surface area contributed by atoms with Gasteiger partial charge in [-0.15, -0.1) is 0 Å². The van der Waals surface area contributed by atoms with Crippen LogP contribution in [-0.4, -0.2) is 36.1 Å². The summed E-state index contributed by atoms with van der Waals surface area (Å²) in [6, 6.07) is -0.373. The average Bonchev–Trinajstić information content (AvgIpc) is 2.25. The van der Waals surface area contributed by atoms with E-state index >= 15 is 0 Å². The number of esters is 1. The van der Waals surface area contributed by atoms with Gasteiger partial charge < -0.3 is 14.8 Å². The molecule has 0 aromatic heterocycles. The third-order valence-electron chi connectivity index (χ3n) is 2.60. The monoisotopic (exact) mass is 301 g/mol. The number of hydrogen-bond donors (Lipinski definition) is 1. The van der Waals surface area contributed by atoms with Gasteiger partial charge in [-0.25, -0.2) is 4.79 Å². The first-order valence-corrected chi connectivity index (χ1v) is 7.22. The third-order valence-corrected chi connectivity index (χ3v) is 2.60. The Bertz CT molecular complexity index is 371. The van der Waals surface area contributed by atoms with E-state index < -0.39 is 17.7 Å². The molecule has 0 radical (unpaired) electrons. The Morgan fingerprint density at radius 2 is 1.71 bits per heavy atom. The fourth-order valence-corrected chi connectivity index (χ4v) is 1.60. The van der Waals surface area contributed by atoms with Gasteiger partial charge in [0, 0.05) is 12.5 Å². The summed E-state index contributed by atoms with van der Waals surface area (Å²) in [5.74, 6) is -0.755. The molecule has 1 N–H and O–H groups in total. The number of carbonyl (C=O) groups excluding carboxylic acids is 3. The molecule has 0 aliphatic heterocycles. The summed E-state index contributed by atoms with van der Waals surface area (Å²) >= 11 is 0. The SMILES string of the molecule is CCOC(=O)CC(=O)CC(NC(=O)OC(C)(C)C)C(C)C. The van der Waals surface area contributed by atoms with Gasteiger partial charge >= 0.3 is 12.1 Å². The minimum absolute atomic E-state index is 0.0451. The van der Waals surface area contributed by atoms with E-state index in [2.05, 4.69) is 5.32 Å². The van der Waals surface area contributed by atoms with Gasteiger partial charge in [0.2, 0.25) is 0 Å². The zero-order valence-electron chi connectivity index (χ0n) is 13.8. The predicted octanol–water partition coefficient (Wildman–Crippen LogP) is 2.45. The molecule has 1 atom stereocenters. The van der Waals surface area contributed by atoms with Gasteiger partial charge in [0.05, 0.1) is 6.61 Å². The Hall–Kier alpha value is -1.59. The molecular weight excluding hydrogens is 274 g/mol. The largest absolute Gasteiger partial charge is 0.466 e. The molecule has 0 aliphatic rings. The van der Waals surface area contributed by atoms with Crippen molar-refractivity contribution in [2.45, 2.75) is 66.0 Å². The Kier molecular flexibility index (Phi) is 7.99. The van der Waals surface area contributed by atoms with Crippen LogP contribution in [0.15, 0.2) is 0 Å². The first kappa shape index (κ1) is 19.4. The molecule has 0 rings (SSSR count). The fraction of sp³-hybridized carbons (Fsp3) is 0.800. The van der Waals surface area contributed by atoms with Crippen molar-refractivity contribution in [3.8, 4) is 0 Å². The van der Waals surface area contributed by atoms with Crippen molar-refractivity contribution in [3.05, 3.63) is 0 Å². The molecule has 0 aromatic rings. The van der Waals surface area contributed by atoms with Crippen LogP contribution in [0.1, 0.15) is 54.4 Å². The molecule has 0 saturated carbocycles. The van der Waals surface area contributed by atoms with Crippen LogP contribution in [-0.2, 0) is 19.1 Å². The Morgan fingerprint density at radius 3 is 2.14 bits per heavy atom. The Morgan fingerprint density at radius 1 is 1.14 bits per heavy atom. The topological polar surface area (TPSA) is 81.7 Å². The lowest BCUT2D eigenvalue weighted by molar-refractivity contribution is -0.145. The van der Waals surface area contributed by atoms with E-state index in [1.54, 1.807) is 27.7 Å². The Balaban J connectivity index is 4.46. The van der Waals surface area contributed by atoms with Gasteiger partial charge in [-0.1, -0.05) is 13.8 Å². The van der Waals surface area contributed by atoms with E-state index in [1.807, 2.05) is 13.8 Å². The van der Waals surface area contributed by atoms with Gasteiger partial charge in [-0.3, -0.25) is 9.59 Å². The molecule has 0 aliphatic carbocycles. The molecule has 1 unspecified atom stereocenters. The second-order valence-electron chi connectivity index (χ2n) is 6.22. The molecule has 0 heterocycles. The van der Waals surface area contributed by atoms with E-state index in [9.17, 15) is 14.4 Å². The number of carbonyl (C=O) groups is 3. The van der Waals surface area contributed by atoms with E-state index in [-0.39, 0.29) is 37.2 Å². The van der Waals surface area contributed by atoms with Gasteiger partial charge in [0.15, 0.2) is 0 Å². The lowest BCUT2D eigenvalue weighted by Crippen LogP contribution is -2.43. The molecule has 6 nitrogen and oxygen atoms in total. The number of rotatable bonds is 7. The van der Waals surface area contributed by atoms with Crippen molar-refractivity contribution in [2.75, 3.05) is 6.61 Å². The highest BCUT2D eigenvalue weighted by molar-refractivity contribution is 5.95. The molecule has 0 spiro atoms. The maximum Gasteiger partial charge on any atom is 0.407 e. The summed E-state index contributed by atoms with van der Waals surface area (Å²) in [5, 5.41) is 2.68. The quantitative estimate of drug-likeness (QED) is 0.577. The van der Waals surface area contributed by atoms with Crippen LogP contribution >= 0.6 is 0 Å². The zero-order chi connectivity index (χ0) is 16.6. The number of Topliss-reactive ketones (excluding diaryl/α,β-unsaturated/α-hetero) is 1. The second-order valence-corrected chi connectivity index (χ2v) is 6.22. The van der Waals surface area contributed by atoms with E-state index in [4.69, 9.17) is 9.47 Å². The van der Waals surface area contributed by atoms with Gasteiger partial charge in [0.1, 0.15) is 17.8 Å². The molecule has 0 fully saturated rings. The van der Waals surface area contributed by atoms with Crippen molar-refractivity contribution in [2.24, 2.45) is 5.92 Å². The summed E-state index contributed by atoms with van der Waals surface area (Å²) < 4.78 is 9.90. The van der Waals surface area contributed by atoms with Crippen molar-refractivity contribution in [1.29, 1.82) is 0 Å². The predicted molar refractivity (Wildman–Crippen MR) is 78.9 cm³/mol. The lowest BCUT2D eigenvalue weighted by atomic mass is 9.98. The summed E-state index contributed by atoms with van der Waals surface area (Å²) in [6.07, 6.45) is -0.756. The summed E-state index contributed by atoms with van der Waals surface area (Å²) in [5.41, 5.74) is -0.597.